The lowest BCUT2D eigenvalue weighted by Crippen LogP contribution is -2.05. The summed E-state index contributed by atoms with van der Waals surface area (Å²) in [6.45, 7) is 0.536. The van der Waals surface area contributed by atoms with Crippen molar-refractivity contribution in [2.75, 3.05) is 0 Å². The number of thiazole rings is 1. The van der Waals surface area contributed by atoms with E-state index in [9.17, 15) is 0 Å². The van der Waals surface area contributed by atoms with Crippen molar-refractivity contribution in [2.24, 2.45) is 5.73 Å². The summed E-state index contributed by atoms with van der Waals surface area (Å²) in [6, 6.07) is 6.39. The number of nitrogens with zero attached hydrogens (tertiary/aromatic N) is 1. The number of fused-ring (bicyclic) bond motifs is 1. The number of benzene rings is 1. The van der Waals surface area contributed by atoms with Gasteiger partial charge in [-0.3, -0.25) is 0 Å². The van der Waals surface area contributed by atoms with Crippen molar-refractivity contribution in [2.45, 2.75) is 25.5 Å². The number of hydrogen-bond donors (Lipinski definition) is 1. The third-order valence-corrected chi connectivity index (χ3v) is 3.74. The summed E-state index contributed by atoms with van der Waals surface area (Å²) >= 11 is 1.59. The van der Waals surface area contributed by atoms with Crippen molar-refractivity contribution in [3.8, 4) is 5.75 Å². The average molecular weight is 246 g/mol. The topological polar surface area (TPSA) is 48.1 Å². The third-order valence-electron chi connectivity index (χ3n) is 3.11. The Morgan fingerprint density at radius 3 is 3.24 bits per heavy atom. The zero-order valence-electron chi connectivity index (χ0n) is 9.43. The van der Waals surface area contributed by atoms with E-state index in [4.69, 9.17) is 10.5 Å². The molecule has 2 aromatic rings. The Balaban J connectivity index is 1.72. The first-order valence-corrected chi connectivity index (χ1v) is 6.65. The minimum Gasteiger partial charge on any atom is -0.487 e. The highest BCUT2D eigenvalue weighted by Crippen LogP contribution is 2.31. The molecular formula is C13H14N2OS. The first-order valence-electron chi connectivity index (χ1n) is 5.71. The lowest BCUT2D eigenvalue weighted by atomic mass is 10.1. The second-order valence-electron chi connectivity index (χ2n) is 4.27. The van der Waals surface area contributed by atoms with Gasteiger partial charge in [-0.15, -0.1) is 11.3 Å². The van der Waals surface area contributed by atoms with E-state index in [0.29, 0.717) is 6.61 Å². The quantitative estimate of drug-likeness (QED) is 0.905. The van der Waals surface area contributed by atoms with E-state index >= 15 is 0 Å². The fourth-order valence-electron chi connectivity index (χ4n) is 2.18. The largest absolute Gasteiger partial charge is 0.487 e. The van der Waals surface area contributed by atoms with Crippen LogP contribution < -0.4 is 10.5 Å². The van der Waals surface area contributed by atoms with Crippen LogP contribution in [0.5, 0.6) is 5.75 Å². The number of rotatable bonds is 3. The van der Waals surface area contributed by atoms with Crippen LogP contribution in [0.3, 0.4) is 0 Å². The van der Waals surface area contributed by atoms with Crippen LogP contribution in [-0.2, 0) is 13.0 Å². The van der Waals surface area contributed by atoms with Gasteiger partial charge < -0.3 is 10.5 Å². The molecule has 1 heterocycles. The molecule has 0 radical (unpaired) electrons. The molecule has 1 aliphatic carbocycles. The van der Waals surface area contributed by atoms with Gasteiger partial charge in [-0.1, -0.05) is 6.07 Å². The molecule has 0 saturated carbocycles. The number of aryl methyl sites for hydroxylation is 1. The summed E-state index contributed by atoms with van der Waals surface area (Å²) < 4.78 is 5.71. The van der Waals surface area contributed by atoms with E-state index < -0.39 is 0 Å². The summed E-state index contributed by atoms with van der Waals surface area (Å²) in [5.41, 5.74) is 11.4. The van der Waals surface area contributed by atoms with Crippen LogP contribution >= 0.6 is 11.3 Å². The van der Waals surface area contributed by atoms with Crippen molar-refractivity contribution in [1.82, 2.24) is 4.98 Å². The van der Waals surface area contributed by atoms with E-state index in [-0.39, 0.29) is 6.04 Å². The van der Waals surface area contributed by atoms with Crippen LogP contribution in [-0.4, -0.2) is 4.98 Å². The highest BCUT2D eigenvalue weighted by molar-refractivity contribution is 7.07. The first-order chi connectivity index (χ1) is 8.33. The lowest BCUT2D eigenvalue weighted by molar-refractivity contribution is 0.302. The second kappa shape index (κ2) is 4.47. The molecule has 1 aromatic carbocycles. The highest BCUT2D eigenvalue weighted by atomic mass is 32.1. The van der Waals surface area contributed by atoms with E-state index in [0.717, 1.165) is 24.3 Å². The molecule has 0 fully saturated rings. The molecule has 17 heavy (non-hydrogen) atoms. The van der Waals surface area contributed by atoms with Gasteiger partial charge in [-0.25, -0.2) is 4.98 Å². The zero-order valence-corrected chi connectivity index (χ0v) is 10.2. The summed E-state index contributed by atoms with van der Waals surface area (Å²) in [6.07, 6.45) is 2.11. The Bertz CT molecular complexity index is 510. The van der Waals surface area contributed by atoms with Gasteiger partial charge in [0.05, 0.1) is 11.2 Å². The Morgan fingerprint density at radius 2 is 2.41 bits per heavy atom. The van der Waals surface area contributed by atoms with Gasteiger partial charge in [0.15, 0.2) is 0 Å². The van der Waals surface area contributed by atoms with E-state index in [1.165, 1.54) is 11.1 Å². The molecule has 0 saturated heterocycles. The molecule has 1 aliphatic rings. The minimum atomic E-state index is 0.206. The van der Waals surface area contributed by atoms with E-state index in [2.05, 4.69) is 17.1 Å². The Kier molecular flexibility index (Phi) is 2.82. The Morgan fingerprint density at radius 1 is 1.47 bits per heavy atom. The van der Waals surface area contributed by atoms with E-state index in [1.54, 1.807) is 11.3 Å². The Hall–Kier alpha value is -1.39. The van der Waals surface area contributed by atoms with Crippen molar-refractivity contribution >= 4 is 11.3 Å². The summed E-state index contributed by atoms with van der Waals surface area (Å²) in [7, 11) is 0. The standard InChI is InChI=1S/C13H14N2OS/c14-13-4-1-9-5-11(2-3-12(9)13)16-6-10-7-17-8-15-10/h2-3,5,7-8,13H,1,4,6,14H2/t13-/m1/s1. The fraction of sp³-hybridized carbons (Fsp3) is 0.308. The Labute approximate surface area is 104 Å². The molecule has 3 nitrogen and oxygen atoms in total. The van der Waals surface area contributed by atoms with E-state index in [1.807, 2.05) is 17.0 Å². The maximum Gasteiger partial charge on any atom is 0.131 e. The summed E-state index contributed by atoms with van der Waals surface area (Å²) in [4.78, 5) is 4.19. The molecule has 1 aromatic heterocycles. The summed E-state index contributed by atoms with van der Waals surface area (Å²) in [5, 5.41) is 2.00. The number of nitrogens with two attached hydrogens (primary N) is 1. The molecule has 0 amide bonds. The van der Waals surface area contributed by atoms with Crippen LogP contribution in [0, 0.1) is 0 Å². The molecule has 88 valence electrons. The van der Waals surface area contributed by atoms with Gasteiger partial charge in [0, 0.05) is 11.4 Å². The molecule has 4 heteroatoms. The monoisotopic (exact) mass is 246 g/mol. The van der Waals surface area contributed by atoms with Crippen LogP contribution in [0.25, 0.3) is 0 Å². The third kappa shape index (κ3) is 2.18. The normalized spacial score (nSPS) is 18.1. The second-order valence-corrected chi connectivity index (χ2v) is 4.99. The predicted molar refractivity (Wildman–Crippen MR) is 68.1 cm³/mol. The number of hydrogen-bond acceptors (Lipinski definition) is 4. The SMILES string of the molecule is N[C@@H]1CCc2cc(OCc3cscn3)ccc21. The lowest BCUT2D eigenvalue weighted by Gasteiger charge is -2.08. The van der Waals surface area contributed by atoms with Crippen molar-refractivity contribution in [3.63, 3.8) is 0 Å². The van der Waals surface area contributed by atoms with Gasteiger partial charge in [-0.2, -0.15) is 0 Å². The predicted octanol–water partition coefficient (Wildman–Crippen LogP) is 2.67. The van der Waals surface area contributed by atoms with Crippen molar-refractivity contribution in [3.05, 3.63) is 45.9 Å². The molecule has 2 N–H and O–H groups in total. The van der Waals surface area contributed by atoms with Crippen LogP contribution in [0.4, 0.5) is 0 Å². The fourth-order valence-corrected chi connectivity index (χ4v) is 2.73. The molecule has 1 atom stereocenters. The number of aromatic nitrogens is 1. The average Bonchev–Trinajstić information content (AvgIpc) is 2.97. The van der Waals surface area contributed by atoms with Crippen molar-refractivity contribution in [1.29, 1.82) is 0 Å². The smallest absolute Gasteiger partial charge is 0.131 e. The molecule has 0 unspecified atom stereocenters. The van der Waals surface area contributed by atoms with Gasteiger partial charge in [0.25, 0.3) is 0 Å². The molecular weight excluding hydrogens is 232 g/mol. The molecule has 0 aliphatic heterocycles. The first kappa shape index (κ1) is 10.7. The van der Waals surface area contributed by atoms with Crippen LogP contribution in [0.15, 0.2) is 29.1 Å². The van der Waals surface area contributed by atoms with Gasteiger partial charge >= 0.3 is 0 Å². The van der Waals surface area contributed by atoms with Gasteiger partial charge in [0.2, 0.25) is 0 Å². The molecule has 3 rings (SSSR count). The zero-order chi connectivity index (χ0) is 11.7. The van der Waals surface area contributed by atoms with Crippen molar-refractivity contribution < 1.29 is 4.74 Å². The molecule has 0 spiro atoms. The summed E-state index contributed by atoms with van der Waals surface area (Å²) in [5.74, 6) is 0.908. The van der Waals surface area contributed by atoms with Crippen LogP contribution in [0.1, 0.15) is 29.3 Å². The van der Waals surface area contributed by atoms with Gasteiger partial charge in [-0.05, 0) is 36.1 Å². The maximum atomic E-state index is 6.00. The molecule has 0 bridgehead atoms. The maximum absolute atomic E-state index is 6.00. The van der Waals surface area contributed by atoms with Gasteiger partial charge in [0.1, 0.15) is 12.4 Å². The van der Waals surface area contributed by atoms with Crippen LogP contribution in [0.2, 0.25) is 0 Å². The number of ether oxygens (including phenoxy) is 1. The minimum absolute atomic E-state index is 0.206. The highest BCUT2D eigenvalue weighted by Gasteiger charge is 2.18.